The molecule has 0 spiro atoms. The average Bonchev–Trinajstić information content (AvgIpc) is 2.65. The molecule has 0 saturated heterocycles. The largest absolute Gasteiger partial charge is 0.319 e. The predicted molar refractivity (Wildman–Crippen MR) is 76.8 cm³/mol. The zero-order valence-corrected chi connectivity index (χ0v) is 13.3. The van der Waals surface area contributed by atoms with Crippen LogP contribution in [0.1, 0.15) is 22.0 Å². The van der Waals surface area contributed by atoms with Gasteiger partial charge < -0.3 is 5.73 Å². The maximum Gasteiger partial charge on any atom is 0.145 e. The van der Waals surface area contributed by atoms with Crippen molar-refractivity contribution in [3.05, 3.63) is 54.1 Å². The molecule has 18 heavy (non-hydrogen) atoms. The molecule has 6 heteroatoms. The SMILES string of the molecule is Cc1cc(C(N)c2c(F)ccc(Br)c2F)sc1Br. The minimum Gasteiger partial charge on any atom is -0.319 e. The highest BCUT2D eigenvalue weighted by atomic mass is 79.9. The van der Waals surface area contributed by atoms with Gasteiger partial charge in [-0.1, -0.05) is 0 Å². The molecule has 0 amide bonds. The molecule has 0 aliphatic carbocycles. The fourth-order valence-corrected chi connectivity index (χ4v) is 3.54. The molecule has 0 bridgehead atoms. The van der Waals surface area contributed by atoms with Gasteiger partial charge in [0.05, 0.1) is 14.3 Å². The van der Waals surface area contributed by atoms with Crippen LogP contribution in [0.5, 0.6) is 0 Å². The van der Waals surface area contributed by atoms with E-state index in [1.165, 1.54) is 23.5 Å². The van der Waals surface area contributed by atoms with E-state index in [-0.39, 0.29) is 10.0 Å². The second-order valence-corrected chi connectivity index (χ2v) is 7.10. The maximum atomic E-state index is 13.9. The normalized spacial score (nSPS) is 12.8. The highest BCUT2D eigenvalue weighted by molar-refractivity contribution is 9.11. The number of benzene rings is 1. The average molecular weight is 397 g/mol. The van der Waals surface area contributed by atoms with Gasteiger partial charge >= 0.3 is 0 Å². The summed E-state index contributed by atoms with van der Waals surface area (Å²) in [5.74, 6) is -1.28. The molecular formula is C12H9Br2F2NS. The van der Waals surface area contributed by atoms with Crippen molar-refractivity contribution in [2.24, 2.45) is 5.73 Å². The lowest BCUT2D eigenvalue weighted by Crippen LogP contribution is -2.14. The van der Waals surface area contributed by atoms with Crippen molar-refractivity contribution in [3.63, 3.8) is 0 Å². The molecule has 1 heterocycles. The summed E-state index contributed by atoms with van der Waals surface area (Å²) in [6.07, 6.45) is 0. The lowest BCUT2D eigenvalue weighted by atomic mass is 10.0. The van der Waals surface area contributed by atoms with E-state index < -0.39 is 17.7 Å². The van der Waals surface area contributed by atoms with Crippen LogP contribution in [-0.2, 0) is 0 Å². The van der Waals surface area contributed by atoms with Crippen molar-refractivity contribution in [2.45, 2.75) is 13.0 Å². The van der Waals surface area contributed by atoms with Gasteiger partial charge in [0.1, 0.15) is 11.6 Å². The molecule has 96 valence electrons. The number of nitrogens with two attached hydrogens (primary N) is 1. The van der Waals surface area contributed by atoms with Gasteiger partial charge in [-0.2, -0.15) is 0 Å². The summed E-state index contributed by atoms with van der Waals surface area (Å²) in [7, 11) is 0. The molecule has 2 N–H and O–H groups in total. The maximum absolute atomic E-state index is 13.9. The van der Waals surface area contributed by atoms with Crippen molar-refractivity contribution >= 4 is 43.2 Å². The monoisotopic (exact) mass is 395 g/mol. The first-order valence-electron chi connectivity index (χ1n) is 5.06. The van der Waals surface area contributed by atoms with Crippen molar-refractivity contribution in [1.29, 1.82) is 0 Å². The van der Waals surface area contributed by atoms with Crippen LogP contribution in [0.4, 0.5) is 8.78 Å². The Morgan fingerprint density at radius 2 is 1.94 bits per heavy atom. The molecule has 0 saturated carbocycles. The van der Waals surface area contributed by atoms with Gasteiger partial charge in [0.25, 0.3) is 0 Å². The lowest BCUT2D eigenvalue weighted by molar-refractivity contribution is 0.541. The highest BCUT2D eigenvalue weighted by Crippen LogP contribution is 2.36. The molecule has 0 aliphatic heterocycles. The summed E-state index contributed by atoms with van der Waals surface area (Å²) in [4.78, 5) is 0.718. The fraction of sp³-hybridized carbons (Fsp3) is 0.167. The molecule has 1 unspecified atom stereocenters. The zero-order valence-electron chi connectivity index (χ0n) is 9.31. The van der Waals surface area contributed by atoms with Gasteiger partial charge in [0.15, 0.2) is 0 Å². The number of aryl methyl sites for hydroxylation is 1. The molecule has 0 radical (unpaired) electrons. The van der Waals surface area contributed by atoms with E-state index in [9.17, 15) is 8.78 Å². The van der Waals surface area contributed by atoms with Crippen molar-refractivity contribution in [1.82, 2.24) is 0 Å². The third-order valence-electron chi connectivity index (χ3n) is 2.57. The Hall–Kier alpha value is -0.300. The highest BCUT2D eigenvalue weighted by Gasteiger charge is 2.22. The van der Waals surface area contributed by atoms with Gasteiger partial charge in [0, 0.05) is 10.4 Å². The Balaban J connectivity index is 2.52. The lowest BCUT2D eigenvalue weighted by Gasteiger charge is -2.13. The number of hydrogen-bond donors (Lipinski definition) is 1. The number of rotatable bonds is 2. The first kappa shape index (κ1) is 14.1. The quantitative estimate of drug-likeness (QED) is 0.717. The Labute approximate surface area is 124 Å². The van der Waals surface area contributed by atoms with E-state index in [0.29, 0.717) is 0 Å². The summed E-state index contributed by atoms with van der Waals surface area (Å²) in [6, 6.07) is 3.56. The molecule has 0 aliphatic rings. The van der Waals surface area contributed by atoms with Gasteiger partial charge in [-0.15, -0.1) is 11.3 Å². The molecular weight excluding hydrogens is 388 g/mol. The van der Waals surface area contributed by atoms with Gasteiger partial charge in [-0.05, 0) is 62.5 Å². The molecule has 2 aromatic rings. The second-order valence-electron chi connectivity index (χ2n) is 3.84. The van der Waals surface area contributed by atoms with Crippen LogP contribution in [-0.4, -0.2) is 0 Å². The fourth-order valence-electron chi connectivity index (χ4n) is 1.61. The van der Waals surface area contributed by atoms with Crippen LogP contribution >= 0.6 is 43.2 Å². The van der Waals surface area contributed by atoms with Crippen LogP contribution in [0, 0.1) is 18.6 Å². The molecule has 1 aromatic heterocycles. The number of halogens is 4. The summed E-state index contributed by atoms with van der Waals surface area (Å²) in [5.41, 5.74) is 6.85. The molecule has 1 aromatic carbocycles. The van der Waals surface area contributed by atoms with E-state index in [1.54, 1.807) is 0 Å². The van der Waals surface area contributed by atoms with Crippen LogP contribution in [0.2, 0.25) is 0 Å². The Bertz CT molecular complexity index is 579. The number of thiophene rings is 1. The van der Waals surface area contributed by atoms with Crippen molar-refractivity contribution in [2.75, 3.05) is 0 Å². The number of hydrogen-bond acceptors (Lipinski definition) is 2. The van der Waals surface area contributed by atoms with E-state index in [2.05, 4.69) is 31.9 Å². The van der Waals surface area contributed by atoms with E-state index in [4.69, 9.17) is 5.73 Å². The first-order valence-corrected chi connectivity index (χ1v) is 7.47. The first-order chi connectivity index (χ1) is 8.41. The van der Waals surface area contributed by atoms with Crippen molar-refractivity contribution < 1.29 is 8.78 Å². The van der Waals surface area contributed by atoms with Crippen molar-refractivity contribution in [3.8, 4) is 0 Å². The van der Waals surface area contributed by atoms with Crippen LogP contribution < -0.4 is 5.73 Å². The minimum atomic E-state index is -0.808. The Morgan fingerprint density at radius 3 is 2.50 bits per heavy atom. The third-order valence-corrected chi connectivity index (χ3v) is 5.41. The van der Waals surface area contributed by atoms with Crippen LogP contribution in [0.15, 0.2) is 26.5 Å². The van der Waals surface area contributed by atoms with E-state index in [0.717, 1.165) is 14.2 Å². The summed E-state index contributed by atoms with van der Waals surface area (Å²) in [6.45, 7) is 1.91. The van der Waals surface area contributed by atoms with Crippen LogP contribution in [0.25, 0.3) is 0 Å². The van der Waals surface area contributed by atoms with E-state index >= 15 is 0 Å². The Morgan fingerprint density at radius 1 is 1.28 bits per heavy atom. The van der Waals surface area contributed by atoms with Gasteiger partial charge in [-0.3, -0.25) is 0 Å². The predicted octanol–water partition coefficient (Wildman–Crippen LogP) is 4.91. The summed E-state index contributed by atoms with van der Waals surface area (Å²) < 4.78 is 28.8. The zero-order chi connectivity index (χ0) is 13.4. The smallest absolute Gasteiger partial charge is 0.145 e. The molecule has 2 rings (SSSR count). The summed E-state index contributed by atoms with van der Waals surface area (Å²) in [5, 5.41) is 0. The third kappa shape index (κ3) is 2.52. The molecule has 0 fully saturated rings. The second kappa shape index (κ2) is 5.36. The van der Waals surface area contributed by atoms with E-state index in [1.807, 2.05) is 13.0 Å². The minimum absolute atomic E-state index is 0.113. The standard InChI is InChI=1S/C12H9Br2F2NS/c1-5-4-8(18-12(5)14)11(17)9-7(15)3-2-6(13)10(9)16/h2-4,11H,17H2,1H3. The Kier molecular flexibility index (Phi) is 4.21. The molecule has 1 nitrogen and oxygen atoms in total. The summed E-state index contributed by atoms with van der Waals surface area (Å²) >= 11 is 7.80. The molecule has 1 atom stereocenters. The van der Waals surface area contributed by atoms with Gasteiger partial charge in [0.2, 0.25) is 0 Å². The van der Waals surface area contributed by atoms with Crippen LogP contribution in [0.3, 0.4) is 0 Å². The topological polar surface area (TPSA) is 26.0 Å². The van der Waals surface area contributed by atoms with Gasteiger partial charge in [-0.25, -0.2) is 8.78 Å².